The molecule has 0 bridgehead atoms. The number of rotatable bonds is 5. The fourth-order valence-corrected chi connectivity index (χ4v) is 1.57. The van der Waals surface area contributed by atoms with Gasteiger partial charge < -0.3 is 10.1 Å². The van der Waals surface area contributed by atoms with Crippen molar-refractivity contribution in [1.29, 1.82) is 0 Å². The molecule has 1 aromatic rings. The highest BCUT2D eigenvalue weighted by molar-refractivity contribution is 5.36. The van der Waals surface area contributed by atoms with Crippen molar-refractivity contribution in [3.8, 4) is 5.75 Å². The van der Waals surface area contributed by atoms with Crippen LogP contribution in [-0.4, -0.2) is 20.7 Å². The maximum atomic E-state index is 5.21. The molecule has 0 saturated carbocycles. The summed E-state index contributed by atoms with van der Waals surface area (Å²) in [6, 6.07) is 6.39. The number of hydrogen-bond donors (Lipinski definition) is 1. The fraction of sp³-hybridized carbons (Fsp3) is 0.500. The van der Waals surface area contributed by atoms with Crippen LogP contribution in [0.5, 0.6) is 5.75 Å². The van der Waals surface area contributed by atoms with E-state index in [2.05, 4.69) is 24.4 Å². The predicted octanol–water partition coefficient (Wildman–Crippen LogP) is 2.16. The van der Waals surface area contributed by atoms with Crippen molar-refractivity contribution >= 4 is 0 Å². The van der Waals surface area contributed by atoms with E-state index in [0.717, 1.165) is 18.7 Å². The van der Waals surface area contributed by atoms with E-state index in [9.17, 15) is 0 Å². The summed E-state index contributed by atoms with van der Waals surface area (Å²) in [5.41, 5.74) is 2.60. The molecule has 0 fully saturated rings. The first-order valence-electron chi connectivity index (χ1n) is 5.06. The van der Waals surface area contributed by atoms with Crippen molar-refractivity contribution in [2.75, 3.05) is 20.7 Å². The van der Waals surface area contributed by atoms with Gasteiger partial charge in [0.15, 0.2) is 0 Å². The Labute approximate surface area is 86.3 Å². The Kier molecular flexibility index (Phi) is 4.47. The number of methoxy groups -OCH3 is 1. The van der Waals surface area contributed by atoms with Crippen molar-refractivity contribution in [1.82, 2.24) is 5.32 Å². The smallest absolute Gasteiger partial charge is 0.121 e. The van der Waals surface area contributed by atoms with Crippen LogP contribution in [0, 0.1) is 6.92 Å². The van der Waals surface area contributed by atoms with Crippen LogP contribution in [0.4, 0.5) is 0 Å². The molecule has 1 aromatic carbocycles. The van der Waals surface area contributed by atoms with Crippen molar-refractivity contribution in [3.63, 3.8) is 0 Å². The second-order valence-corrected chi connectivity index (χ2v) is 3.51. The van der Waals surface area contributed by atoms with Gasteiger partial charge in [-0.05, 0) is 50.6 Å². The Morgan fingerprint density at radius 1 is 1.36 bits per heavy atom. The standard InChI is InChI=1S/C12H19NO/c1-10-9-11(5-4-8-13-2)6-7-12(10)14-3/h6-7,9,13H,4-5,8H2,1-3H3. The summed E-state index contributed by atoms with van der Waals surface area (Å²) in [5.74, 6) is 0.974. The lowest BCUT2D eigenvalue weighted by atomic mass is 10.1. The summed E-state index contributed by atoms with van der Waals surface area (Å²) >= 11 is 0. The summed E-state index contributed by atoms with van der Waals surface area (Å²) in [6.07, 6.45) is 2.31. The van der Waals surface area contributed by atoms with Gasteiger partial charge in [0.2, 0.25) is 0 Å². The van der Waals surface area contributed by atoms with E-state index in [1.807, 2.05) is 13.1 Å². The Hall–Kier alpha value is -1.02. The van der Waals surface area contributed by atoms with Crippen LogP contribution in [0.3, 0.4) is 0 Å². The maximum Gasteiger partial charge on any atom is 0.121 e. The molecular formula is C12H19NO. The molecule has 0 amide bonds. The van der Waals surface area contributed by atoms with Gasteiger partial charge in [-0.2, -0.15) is 0 Å². The summed E-state index contributed by atoms with van der Waals surface area (Å²) in [6.45, 7) is 3.16. The number of nitrogens with one attached hydrogen (secondary N) is 1. The Bertz CT molecular complexity index is 284. The van der Waals surface area contributed by atoms with Crippen LogP contribution in [0.1, 0.15) is 17.5 Å². The Morgan fingerprint density at radius 3 is 2.71 bits per heavy atom. The molecule has 0 aliphatic carbocycles. The lowest BCUT2D eigenvalue weighted by Crippen LogP contribution is -2.08. The molecule has 2 heteroatoms. The largest absolute Gasteiger partial charge is 0.496 e. The molecule has 0 atom stereocenters. The SMILES string of the molecule is CNCCCc1ccc(OC)c(C)c1. The third kappa shape index (κ3) is 3.04. The first kappa shape index (κ1) is 11.1. The third-order valence-electron chi connectivity index (χ3n) is 2.35. The molecule has 0 aromatic heterocycles. The number of benzene rings is 1. The van der Waals surface area contributed by atoms with Gasteiger partial charge in [0.1, 0.15) is 5.75 Å². The lowest BCUT2D eigenvalue weighted by Gasteiger charge is -2.07. The van der Waals surface area contributed by atoms with Gasteiger partial charge >= 0.3 is 0 Å². The summed E-state index contributed by atoms with van der Waals surface area (Å²) < 4.78 is 5.21. The summed E-state index contributed by atoms with van der Waals surface area (Å²) in [5, 5.41) is 3.15. The number of ether oxygens (including phenoxy) is 1. The number of aryl methyl sites for hydroxylation is 2. The van der Waals surface area contributed by atoms with Crippen LogP contribution in [0.2, 0.25) is 0 Å². The van der Waals surface area contributed by atoms with Gasteiger partial charge in [0, 0.05) is 0 Å². The number of hydrogen-bond acceptors (Lipinski definition) is 2. The van der Waals surface area contributed by atoms with Gasteiger partial charge in [-0.1, -0.05) is 12.1 Å². The van der Waals surface area contributed by atoms with E-state index in [4.69, 9.17) is 4.74 Å². The van der Waals surface area contributed by atoms with Crippen LogP contribution >= 0.6 is 0 Å². The van der Waals surface area contributed by atoms with Crippen LogP contribution in [-0.2, 0) is 6.42 Å². The van der Waals surface area contributed by atoms with Crippen LogP contribution in [0.15, 0.2) is 18.2 Å². The molecule has 1 rings (SSSR count). The van der Waals surface area contributed by atoms with Crippen molar-refractivity contribution in [2.45, 2.75) is 19.8 Å². The molecule has 2 nitrogen and oxygen atoms in total. The van der Waals surface area contributed by atoms with Crippen molar-refractivity contribution in [3.05, 3.63) is 29.3 Å². The van der Waals surface area contributed by atoms with Crippen molar-refractivity contribution in [2.24, 2.45) is 0 Å². The molecule has 1 N–H and O–H groups in total. The zero-order valence-corrected chi connectivity index (χ0v) is 9.26. The zero-order chi connectivity index (χ0) is 10.4. The van der Waals surface area contributed by atoms with Gasteiger partial charge in [-0.25, -0.2) is 0 Å². The van der Waals surface area contributed by atoms with E-state index in [1.165, 1.54) is 17.5 Å². The van der Waals surface area contributed by atoms with Gasteiger partial charge in [-0.3, -0.25) is 0 Å². The molecular weight excluding hydrogens is 174 g/mol. The third-order valence-corrected chi connectivity index (χ3v) is 2.35. The van der Waals surface area contributed by atoms with Gasteiger partial charge in [-0.15, -0.1) is 0 Å². The monoisotopic (exact) mass is 193 g/mol. The molecule has 0 aliphatic rings. The van der Waals surface area contributed by atoms with Gasteiger partial charge in [0.05, 0.1) is 7.11 Å². The summed E-state index contributed by atoms with van der Waals surface area (Å²) in [7, 11) is 3.70. The highest BCUT2D eigenvalue weighted by Gasteiger charge is 1.99. The first-order chi connectivity index (χ1) is 6.77. The quantitative estimate of drug-likeness (QED) is 0.723. The topological polar surface area (TPSA) is 21.3 Å². The van der Waals surface area contributed by atoms with E-state index in [-0.39, 0.29) is 0 Å². The van der Waals surface area contributed by atoms with E-state index >= 15 is 0 Å². The Morgan fingerprint density at radius 2 is 2.14 bits per heavy atom. The highest BCUT2D eigenvalue weighted by atomic mass is 16.5. The maximum absolute atomic E-state index is 5.21. The zero-order valence-electron chi connectivity index (χ0n) is 9.26. The predicted molar refractivity (Wildman–Crippen MR) is 60.0 cm³/mol. The molecule has 0 saturated heterocycles. The normalized spacial score (nSPS) is 10.2. The van der Waals surface area contributed by atoms with Gasteiger partial charge in [0.25, 0.3) is 0 Å². The van der Waals surface area contributed by atoms with E-state index < -0.39 is 0 Å². The average molecular weight is 193 g/mol. The molecule has 14 heavy (non-hydrogen) atoms. The minimum Gasteiger partial charge on any atom is -0.496 e. The molecule has 0 spiro atoms. The highest BCUT2D eigenvalue weighted by Crippen LogP contribution is 2.18. The molecule has 0 heterocycles. The Balaban J connectivity index is 2.57. The lowest BCUT2D eigenvalue weighted by molar-refractivity contribution is 0.411. The van der Waals surface area contributed by atoms with Crippen LogP contribution in [0.25, 0.3) is 0 Å². The molecule has 0 radical (unpaired) electrons. The molecule has 0 unspecified atom stereocenters. The summed E-state index contributed by atoms with van der Waals surface area (Å²) in [4.78, 5) is 0. The van der Waals surface area contributed by atoms with E-state index in [0.29, 0.717) is 0 Å². The fourth-order valence-electron chi connectivity index (χ4n) is 1.57. The van der Waals surface area contributed by atoms with Crippen LogP contribution < -0.4 is 10.1 Å². The molecule has 78 valence electrons. The first-order valence-corrected chi connectivity index (χ1v) is 5.06. The van der Waals surface area contributed by atoms with E-state index in [1.54, 1.807) is 7.11 Å². The van der Waals surface area contributed by atoms with Crippen molar-refractivity contribution < 1.29 is 4.74 Å². The minimum atomic E-state index is 0.974. The second-order valence-electron chi connectivity index (χ2n) is 3.51. The molecule has 0 aliphatic heterocycles. The minimum absolute atomic E-state index is 0.974. The second kappa shape index (κ2) is 5.66. The average Bonchev–Trinajstić information content (AvgIpc) is 2.18.